The first-order valence-electron chi connectivity index (χ1n) is 8.72. The van der Waals surface area contributed by atoms with Crippen molar-refractivity contribution < 1.29 is 9.32 Å². The van der Waals surface area contributed by atoms with Crippen molar-refractivity contribution in [3.8, 4) is 0 Å². The molecular formula is C18H25N5O2. The van der Waals surface area contributed by atoms with Crippen LogP contribution < -0.4 is 10.2 Å². The van der Waals surface area contributed by atoms with E-state index in [1.54, 1.807) is 6.92 Å². The maximum atomic E-state index is 12.3. The number of nitrogens with one attached hydrogen (secondary N) is 1. The first-order valence-corrected chi connectivity index (χ1v) is 8.72. The van der Waals surface area contributed by atoms with Gasteiger partial charge in [0.1, 0.15) is 0 Å². The van der Waals surface area contributed by atoms with Crippen LogP contribution in [-0.4, -0.2) is 54.3 Å². The quantitative estimate of drug-likeness (QED) is 0.902. The fourth-order valence-electron chi connectivity index (χ4n) is 3.08. The highest BCUT2D eigenvalue weighted by atomic mass is 16.5. The average molecular weight is 343 g/mol. The Hall–Kier alpha value is -2.57. The number of hydrogen-bond acceptors (Lipinski definition) is 5. The highest BCUT2D eigenvalue weighted by Gasteiger charge is 2.26. The molecule has 1 aliphatic heterocycles. The van der Waals surface area contributed by atoms with Gasteiger partial charge in [-0.15, -0.1) is 0 Å². The molecule has 1 N–H and O–H groups in total. The third-order valence-electron chi connectivity index (χ3n) is 4.61. The van der Waals surface area contributed by atoms with Gasteiger partial charge < -0.3 is 19.6 Å². The monoisotopic (exact) mass is 343 g/mol. The van der Waals surface area contributed by atoms with Crippen LogP contribution in [0.5, 0.6) is 0 Å². The lowest BCUT2D eigenvalue weighted by atomic mass is 9.96. The number of nitrogens with zero attached hydrogens (tertiary/aromatic N) is 4. The smallest absolute Gasteiger partial charge is 0.317 e. The Morgan fingerprint density at radius 2 is 2.04 bits per heavy atom. The Labute approximate surface area is 148 Å². The Kier molecular flexibility index (Phi) is 5.53. The molecule has 0 radical (unpaired) electrons. The van der Waals surface area contributed by atoms with Gasteiger partial charge >= 0.3 is 6.03 Å². The van der Waals surface area contributed by atoms with Gasteiger partial charge in [0.25, 0.3) is 0 Å². The number of rotatable bonds is 5. The van der Waals surface area contributed by atoms with Crippen LogP contribution in [-0.2, 0) is 0 Å². The van der Waals surface area contributed by atoms with Gasteiger partial charge in [-0.25, -0.2) is 4.79 Å². The molecule has 1 aromatic carbocycles. The molecule has 2 heterocycles. The summed E-state index contributed by atoms with van der Waals surface area (Å²) in [5.74, 6) is 1.64. The molecule has 0 bridgehead atoms. The highest BCUT2D eigenvalue weighted by Crippen LogP contribution is 2.25. The Morgan fingerprint density at radius 3 is 2.68 bits per heavy atom. The number of carbonyl (C=O) groups excluding carboxylic acids is 1. The maximum Gasteiger partial charge on any atom is 0.317 e. The van der Waals surface area contributed by atoms with Crippen LogP contribution in [0.4, 0.5) is 10.5 Å². The summed E-state index contributed by atoms with van der Waals surface area (Å²) in [6.45, 7) is 4.63. The lowest BCUT2D eigenvalue weighted by Gasteiger charge is -2.31. The fourth-order valence-corrected chi connectivity index (χ4v) is 3.08. The van der Waals surface area contributed by atoms with Gasteiger partial charge in [0.05, 0.1) is 0 Å². The van der Waals surface area contributed by atoms with Crippen LogP contribution in [0.15, 0.2) is 34.9 Å². The third kappa shape index (κ3) is 4.49. The largest absolute Gasteiger partial charge is 0.373 e. The molecule has 2 amide bonds. The Balaban J connectivity index is 1.39. The molecule has 7 heteroatoms. The topological polar surface area (TPSA) is 74.5 Å². The Bertz CT molecular complexity index is 680. The van der Waals surface area contributed by atoms with E-state index in [1.807, 2.05) is 30.1 Å². The standard InChI is InChI=1S/C18H25N5O2/c1-14-20-17(21-25-14)15-8-11-23(12-9-15)18(24)19-10-13-22(2)16-6-4-3-5-7-16/h3-7,15H,8-13H2,1-2H3,(H,19,24). The normalized spacial score (nSPS) is 15.2. The molecule has 0 unspecified atom stereocenters. The zero-order chi connectivity index (χ0) is 17.6. The number of aryl methyl sites for hydroxylation is 1. The zero-order valence-corrected chi connectivity index (χ0v) is 14.8. The minimum Gasteiger partial charge on any atom is -0.373 e. The lowest BCUT2D eigenvalue weighted by molar-refractivity contribution is 0.180. The molecule has 2 aromatic rings. The van der Waals surface area contributed by atoms with E-state index in [2.05, 4.69) is 32.5 Å². The Morgan fingerprint density at radius 1 is 1.32 bits per heavy atom. The summed E-state index contributed by atoms with van der Waals surface area (Å²) < 4.78 is 5.05. The number of carbonyl (C=O) groups is 1. The number of hydrogen-bond donors (Lipinski definition) is 1. The summed E-state index contributed by atoms with van der Waals surface area (Å²) in [6, 6.07) is 10.2. The summed E-state index contributed by atoms with van der Waals surface area (Å²) >= 11 is 0. The van der Waals surface area contributed by atoms with Crippen molar-refractivity contribution >= 4 is 11.7 Å². The summed E-state index contributed by atoms with van der Waals surface area (Å²) in [6.07, 6.45) is 1.74. The molecule has 134 valence electrons. The summed E-state index contributed by atoms with van der Waals surface area (Å²) in [5, 5.41) is 7.00. The van der Waals surface area contributed by atoms with Gasteiger partial charge in [0.15, 0.2) is 5.82 Å². The van der Waals surface area contributed by atoms with E-state index in [4.69, 9.17) is 4.52 Å². The van der Waals surface area contributed by atoms with Gasteiger partial charge in [-0.2, -0.15) is 4.98 Å². The van der Waals surface area contributed by atoms with Crippen LogP contribution in [0.25, 0.3) is 0 Å². The first kappa shape index (κ1) is 17.3. The van der Waals surface area contributed by atoms with Crippen molar-refractivity contribution in [2.45, 2.75) is 25.7 Å². The van der Waals surface area contributed by atoms with E-state index in [0.717, 1.165) is 44.0 Å². The van der Waals surface area contributed by atoms with Gasteiger partial charge in [0, 0.05) is 51.8 Å². The van der Waals surface area contributed by atoms with Gasteiger partial charge in [-0.05, 0) is 25.0 Å². The molecule has 1 aromatic heterocycles. The predicted molar refractivity (Wildman–Crippen MR) is 95.7 cm³/mol. The molecule has 1 saturated heterocycles. The molecule has 25 heavy (non-hydrogen) atoms. The highest BCUT2D eigenvalue weighted by molar-refractivity contribution is 5.74. The molecule has 3 rings (SSSR count). The number of piperidine rings is 1. The maximum absolute atomic E-state index is 12.3. The van der Waals surface area contributed by atoms with Crippen molar-refractivity contribution in [3.63, 3.8) is 0 Å². The third-order valence-corrected chi connectivity index (χ3v) is 4.61. The van der Waals surface area contributed by atoms with Crippen LogP contribution >= 0.6 is 0 Å². The van der Waals surface area contributed by atoms with Crippen molar-refractivity contribution in [1.29, 1.82) is 0 Å². The number of para-hydroxylation sites is 1. The van der Waals surface area contributed by atoms with E-state index in [1.165, 1.54) is 0 Å². The predicted octanol–water partition coefficient (Wildman–Crippen LogP) is 2.40. The lowest BCUT2D eigenvalue weighted by Crippen LogP contribution is -2.46. The minimum atomic E-state index is 0.00389. The number of amides is 2. The molecule has 7 nitrogen and oxygen atoms in total. The second-order valence-electron chi connectivity index (χ2n) is 6.42. The molecular weight excluding hydrogens is 318 g/mol. The second-order valence-corrected chi connectivity index (χ2v) is 6.42. The summed E-state index contributed by atoms with van der Waals surface area (Å²) in [5.41, 5.74) is 1.15. The van der Waals surface area contributed by atoms with Gasteiger partial charge in [-0.3, -0.25) is 0 Å². The van der Waals surface area contributed by atoms with E-state index in [0.29, 0.717) is 12.4 Å². The number of anilines is 1. The molecule has 1 aliphatic rings. The molecule has 0 aliphatic carbocycles. The average Bonchev–Trinajstić information content (AvgIpc) is 3.09. The van der Waals surface area contributed by atoms with Gasteiger partial charge in [-0.1, -0.05) is 23.4 Å². The number of urea groups is 1. The van der Waals surface area contributed by atoms with Crippen molar-refractivity contribution in [2.24, 2.45) is 0 Å². The SMILES string of the molecule is Cc1nc(C2CCN(C(=O)NCCN(C)c3ccccc3)CC2)no1. The zero-order valence-electron chi connectivity index (χ0n) is 14.8. The van der Waals surface area contributed by atoms with E-state index >= 15 is 0 Å². The van der Waals surface area contributed by atoms with Crippen LogP contribution in [0.2, 0.25) is 0 Å². The molecule has 1 fully saturated rings. The van der Waals surface area contributed by atoms with Crippen molar-refractivity contribution in [1.82, 2.24) is 20.4 Å². The number of aromatic nitrogens is 2. The van der Waals surface area contributed by atoms with E-state index < -0.39 is 0 Å². The van der Waals surface area contributed by atoms with Gasteiger partial charge in [0.2, 0.25) is 5.89 Å². The molecule has 0 spiro atoms. The second kappa shape index (κ2) is 8.00. The summed E-state index contributed by atoms with van der Waals surface area (Å²) in [4.78, 5) is 20.6. The summed E-state index contributed by atoms with van der Waals surface area (Å²) in [7, 11) is 2.03. The fraction of sp³-hybridized carbons (Fsp3) is 0.500. The van der Waals surface area contributed by atoms with Crippen LogP contribution in [0.1, 0.15) is 30.5 Å². The van der Waals surface area contributed by atoms with Crippen molar-refractivity contribution in [3.05, 3.63) is 42.0 Å². The number of likely N-dealkylation sites (tertiary alicyclic amines) is 1. The van der Waals surface area contributed by atoms with E-state index in [9.17, 15) is 4.79 Å². The molecule has 0 saturated carbocycles. The van der Waals surface area contributed by atoms with Crippen molar-refractivity contribution in [2.75, 3.05) is 38.1 Å². The van der Waals surface area contributed by atoms with Crippen LogP contribution in [0, 0.1) is 6.92 Å². The van der Waals surface area contributed by atoms with E-state index in [-0.39, 0.29) is 11.9 Å². The molecule has 0 atom stereocenters. The number of likely N-dealkylation sites (N-methyl/N-ethyl adjacent to an activating group) is 1. The van der Waals surface area contributed by atoms with Crippen LogP contribution in [0.3, 0.4) is 0 Å². The minimum absolute atomic E-state index is 0.00389. The first-order chi connectivity index (χ1) is 12.1. The number of benzene rings is 1.